The van der Waals surface area contributed by atoms with E-state index in [9.17, 15) is 10.1 Å². The zero-order valence-electron chi connectivity index (χ0n) is 19.6. The molecule has 0 bridgehead atoms. The van der Waals surface area contributed by atoms with Crippen LogP contribution in [0.5, 0.6) is 11.6 Å². The standard InChI is InChI=1S/C28H19N5O4/c1-35-19-8-7-17-13-20(28(34)36-22(17)14-19)25-24-23(16-9-11-31-12-10-16)21(15-29)26(30)37-27(24)33(32-25)18-5-3-2-4-6-18/h2-14,23H,30H2,1H3. The fourth-order valence-corrected chi connectivity index (χ4v) is 4.55. The molecule has 0 saturated heterocycles. The Morgan fingerprint density at radius 2 is 1.86 bits per heavy atom. The van der Waals surface area contributed by atoms with Crippen molar-refractivity contribution in [2.24, 2.45) is 5.73 Å². The van der Waals surface area contributed by atoms with Gasteiger partial charge in [-0.2, -0.15) is 15.0 Å². The van der Waals surface area contributed by atoms with E-state index in [2.05, 4.69) is 11.1 Å². The van der Waals surface area contributed by atoms with Gasteiger partial charge in [0.1, 0.15) is 28.7 Å². The number of aromatic nitrogens is 3. The van der Waals surface area contributed by atoms with Crippen LogP contribution < -0.4 is 20.8 Å². The van der Waals surface area contributed by atoms with Gasteiger partial charge in [0, 0.05) is 23.8 Å². The van der Waals surface area contributed by atoms with Crippen LogP contribution in [0.2, 0.25) is 0 Å². The second kappa shape index (κ2) is 8.70. The van der Waals surface area contributed by atoms with Gasteiger partial charge in [-0.15, -0.1) is 0 Å². The van der Waals surface area contributed by atoms with Crippen LogP contribution in [-0.4, -0.2) is 21.9 Å². The van der Waals surface area contributed by atoms with Gasteiger partial charge in [0.05, 0.1) is 29.8 Å². The highest BCUT2D eigenvalue weighted by Crippen LogP contribution is 2.47. The van der Waals surface area contributed by atoms with Crippen LogP contribution in [-0.2, 0) is 0 Å². The van der Waals surface area contributed by atoms with E-state index in [-0.39, 0.29) is 17.0 Å². The van der Waals surface area contributed by atoms with Gasteiger partial charge in [-0.25, -0.2) is 4.79 Å². The fourth-order valence-electron chi connectivity index (χ4n) is 4.55. The van der Waals surface area contributed by atoms with Crippen molar-refractivity contribution in [3.63, 3.8) is 0 Å². The first-order valence-corrected chi connectivity index (χ1v) is 11.4. The fraction of sp³-hybridized carbons (Fsp3) is 0.0714. The smallest absolute Gasteiger partial charge is 0.345 e. The van der Waals surface area contributed by atoms with E-state index < -0.39 is 11.5 Å². The third kappa shape index (κ3) is 3.59. The quantitative estimate of drug-likeness (QED) is 0.371. The Kier molecular flexibility index (Phi) is 5.20. The van der Waals surface area contributed by atoms with Gasteiger partial charge in [-0.3, -0.25) is 4.98 Å². The predicted molar refractivity (Wildman–Crippen MR) is 135 cm³/mol. The van der Waals surface area contributed by atoms with Crippen molar-refractivity contribution in [3.8, 4) is 34.6 Å². The summed E-state index contributed by atoms with van der Waals surface area (Å²) in [7, 11) is 1.54. The summed E-state index contributed by atoms with van der Waals surface area (Å²) >= 11 is 0. The molecule has 9 nitrogen and oxygen atoms in total. The van der Waals surface area contributed by atoms with Crippen molar-refractivity contribution < 1.29 is 13.9 Å². The number of ether oxygens (including phenoxy) is 2. The molecule has 6 rings (SSSR count). The molecule has 0 spiro atoms. The zero-order valence-corrected chi connectivity index (χ0v) is 19.6. The third-order valence-electron chi connectivity index (χ3n) is 6.29. The lowest BCUT2D eigenvalue weighted by atomic mass is 9.83. The number of benzene rings is 2. The number of rotatable bonds is 4. The summed E-state index contributed by atoms with van der Waals surface area (Å²) in [5, 5.41) is 15.5. The highest BCUT2D eigenvalue weighted by Gasteiger charge is 2.38. The van der Waals surface area contributed by atoms with E-state index in [0.717, 1.165) is 5.56 Å². The SMILES string of the molecule is COc1ccc2cc(-c3nn(-c4ccccc4)c4c3C(c3ccncc3)C(C#N)=C(N)O4)c(=O)oc2c1. The summed E-state index contributed by atoms with van der Waals surface area (Å²) in [5.41, 5.74) is 8.78. The Bertz CT molecular complexity index is 1780. The lowest BCUT2D eigenvalue weighted by molar-refractivity contribution is 0.367. The van der Waals surface area contributed by atoms with Crippen molar-refractivity contribution in [3.05, 3.63) is 112 Å². The Labute approximate surface area is 210 Å². The Morgan fingerprint density at radius 3 is 2.59 bits per heavy atom. The van der Waals surface area contributed by atoms with Crippen LogP contribution in [0, 0.1) is 11.3 Å². The van der Waals surface area contributed by atoms with E-state index in [1.165, 1.54) is 0 Å². The lowest BCUT2D eigenvalue weighted by Crippen LogP contribution is -2.22. The first-order valence-electron chi connectivity index (χ1n) is 11.4. The Balaban J connectivity index is 1.68. The van der Waals surface area contributed by atoms with Gasteiger partial charge in [-0.05, 0) is 48.0 Å². The number of pyridine rings is 1. The maximum atomic E-state index is 13.3. The first-order chi connectivity index (χ1) is 18.1. The number of para-hydroxylation sites is 1. The van der Waals surface area contributed by atoms with Crippen LogP contribution in [0.1, 0.15) is 17.0 Å². The molecule has 3 aromatic heterocycles. The van der Waals surface area contributed by atoms with Crippen molar-refractivity contribution in [2.45, 2.75) is 5.92 Å². The summed E-state index contributed by atoms with van der Waals surface area (Å²) < 4.78 is 18.5. The largest absolute Gasteiger partial charge is 0.497 e. The Morgan fingerprint density at radius 1 is 1.08 bits per heavy atom. The molecular weight excluding hydrogens is 470 g/mol. The first kappa shape index (κ1) is 22.1. The molecule has 0 amide bonds. The van der Waals surface area contributed by atoms with Crippen molar-refractivity contribution >= 4 is 11.0 Å². The lowest BCUT2D eigenvalue weighted by Gasteiger charge is -2.25. The van der Waals surface area contributed by atoms with Gasteiger partial charge in [0.2, 0.25) is 11.8 Å². The van der Waals surface area contributed by atoms with E-state index in [4.69, 9.17) is 24.7 Å². The molecule has 0 saturated carbocycles. The molecule has 0 radical (unpaired) electrons. The summed E-state index contributed by atoms with van der Waals surface area (Å²) in [6, 6.07) is 22.1. The summed E-state index contributed by atoms with van der Waals surface area (Å²) in [4.78, 5) is 17.4. The van der Waals surface area contributed by atoms with Gasteiger partial charge in [0.25, 0.3) is 0 Å². The molecule has 2 N–H and O–H groups in total. The van der Waals surface area contributed by atoms with Gasteiger partial charge >= 0.3 is 5.63 Å². The molecule has 37 heavy (non-hydrogen) atoms. The van der Waals surface area contributed by atoms with Crippen molar-refractivity contribution in [1.82, 2.24) is 14.8 Å². The number of nitrogens with zero attached hydrogens (tertiary/aromatic N) is 4. The molecule has 9 heteroatoms. The second-order valence-electron chi connectivity index (χ2n) is 8.37. The molecule has 180 valence electrons. The number of hydrogen-bond donors (Lipinski definition) is 1. The molecule has 1 atom stereocenters. The number of nitrogens with two attached hydrogens (primary N) is 1. The molecule has 1 unspecified atom stereocenters. The molecule has 5 aromatic rings. The van der Waals surface area contributed by atoms with Crippen LogP contribution >= 0.6 is 0 Å². The van der Waals surface area contributed by atoms with Gasteiger partial charge < -0.3 is 19.6 Å². The summed E-state index contributed by atoms with van der Waals surface area (Å²) in [6.07, 6.45) is 3.27. The van der Waals surface area contributed by atoms with Gasteiger partial charge in [-0.1, -0.05) is 18.2 Å². The third-order valence-corrected chi connectivity index (χ3v) is 6.29. The number of hydrogen-bond acceptors (Lipinski definition) is 8. The number of allylic oxidation sites excluding steroid dienone is 1. The maximum absolute atomic E-state index is 13.3. The summed E-state index contributed by atoms with van der Waals surface area (Å²) in [5.74, 6) is 0.210. The maximum Gasteiger partial charge on any atom is 0.345 e. The van der Waals surface area contributed by atoms with E-state index >= 15 is 0 Å². The highest BCUT2D eigenvalue weighted by atomic mass is 16.5. The zero-order chi connectivity index (χ0) is 25.5. The van der Waals surface area contributed by atoms with Crippen molar-refractivity contribution in [2.75, 3.05) is 7.11 Å². The topological polar surface area (TPSA) is 129 Å². The normalized spacial score (nSPS) is 14.6. The second-order valence-corrected chi connectivity index (χ2v) is 8.37. The van der Waals surface area contributed by atoms with Crippen LogP contribution in [0.3, 0.4) is 0 Å². The minimum absolute atomic E-state index is 0.0296. The molecule has 4 heterocycles. The van der Waals surface area contributed by atoms with Crippen LogP contribution in [0.15, 0.2) is 99.8 Å². The van der Waals surface area contributed by atoms with Crippen LogP contribution in [0.25, 0.3) is 27.9 Å². The highest BCUT2D eigenvalue weighted by molar-refractivity contribution is 5.83. The van der Waals surface area contributed by atoms with Gasteiger partial charge in [0.15, 0.2) is 0 Å². The number of fused-ring (bicyclic) bond motifs is 2. The molecule has 1 aliphatic heterocycles. The molecule has 0 fully saturated rings. The average molecular weight is 489 g/mol. The average Bonchev–Trinajstić information content (AvgIpc) is 3.31. The molecule has 0 aliphatic carbocycles. The number of nitriles is 1. The molecular formula is C28H19N5O4. The minimum atomic E-state index is -0.643. The van der Waals surface area contributed by atoms with E-state index in [1.54, 1.807) is 60.6 Å². The van der Waals surface area contributed by atoms with Crippen molar-refractivity contribution in [1.29, 1.82) is 5.26 Å². The monoisotopic (exact) mass is 489 g/mol. The molecule has 2 aromatic carbocycles. The molecule has 1 aliphatic rings. The minimum Gasteiger partial charge on any atom is -0.497 e. The predicted octanol–water partition coefficient (Wildman–Crippen LogP) is 4.27. The van der Waals surface area contributed by atoms with E-state index in [1.807, 2.05) is 30.3 Å². The Hall–Kier alpha value is -5.36. The summed E-state index contributed by atoms with van der Waals surface area (Å²) in [6.45, 7) is 0. The van der Waals surface area contributed by atoms with E-state index in [0.29, 0.717) is 39.5 Å². The van der Waals surface area contributed by atoms with Crippen LogP contribution in [0.4, 0.5) is 0 Å². The number of methoxy groups -OCH3 is 1.